The normalized spacial score (nSPS) is 30.1. The molecular formula is C23H33N3O4S. The second kappa shape index (κ2) is 8.54. The minimum Gasteiger partial charge on any atom is -0.376 e. The molecule has 1 spiro atoms. The highest BCUT2D eigenvalue weighted by Crippen LogP contribution is 2.46. The van der Waals surface area contributed by atoms with Crippen LogP contribution in [0.1, 0.15) is 57.8 Å². The van der Waals surface area contributed by atoms with Crippen LogP contribution in [-0.2, 0) is 20.9 Å². The first kappa shape index (κ1) is 22.3. The van der Waals surface area contributed by atoms with Gasteiger partial charge >= 0.3 is 6.03 Å². The number of ether oxygens (including phenoxy) is 1. The maximum Gasteiger partial charge on any atom is 0.325 e. The summed E-state index contributed by atoms with van der Waals surface area (Å²) in [6.45, 7) is 7.85. The van der Waals surface area contributed by atoms with Gasteiger partial charge in [0.2, 0.25) is 5.91 Å². The van der Waals surface area contributed by atoms with E-state index in [1.807, 2.05) is 17.5 Å². The van der Waals surface area contributed by atoms with Crippen molar-refractivity contribution >= 4 is 29.2 Å². The second-order valence-electron chi connectivity index (χ2n) is 10.2. The third kappa shape index (κ3) is 4.80. The first-order chi connectivity index (χ1) is 14.7. The van der Waals surface area contributed by atoms with Crippen molar-refractivity contribution in [1.82, 2.24) is 15.1 Å². The zero-order valence-corrected chi connectivity index (χ0v) is 19.5. The van der Waals surface area contributed by atoms with Gasteiger partial charge in [0.1, 0.15) is 12.1 Å². The van der Waals surface area contributed by atoms with E-state index >= 15 is 0 Å². The maximum atomic E-state index is 13.4. The lowest BCUT2D eigenvalue weighted by molar-refractivity contribution is -0.141. The molecule has 1 aromatic heterocycles. The third-order valence-corrected chi connectivity index (χ3v) is 7.51. The average molecular weight is 448 g/mol. The Bertz CT molecular complexity index is 834. The van der Waals surface area contributed by atoms with Gasteiger partial charge in [-0.25, -0.2) is 4.79 Å². The molecule has 170 valence electrons. The quantitative estimate of drug-likeness (QED) is 0.678. The van der Waals surface area contributed by atoms with Crippen LogP contribution in [0.2, 0.25) is 0 Å². The molecule has 1 aromatic rings. The molecule has 1 N–H and O–H groups in total. The summed E-state index contributed by atoms with van der Waals surface area (Å²) in [5.74, 6) is -0.135. The van der Waals surface area contributed by atoms with Crippen molar-refractivity contribution in [3.63, 3.8) is 0 Å². The van der Waals surface area contributed by atoms with Gasteiger partial charge in [-0.1, -0.05) is 26.8 Å². The highest BCUT2D eigenvalue weighted by molar-refractivity contribution is 7.09. The Labute approximate surface area is 188 Å². The van der Waals surface area contributed by atoms with Gasteiger partial charge in [-0.05, 0) is 54.9 Å². The highest BCUT2D eigenvalue weighted by atomic mass is 32.1. The molecule has 4 rings (SSSR count). The first-order valence-corrected chi connectivity index (χ1v) is 12.1. The number of hydrogen-bond acceptors (Lipinski definition) is 5. The summed E-state index contributed by atoms with van der Waals surface area (Å²) in [4.78, 5) is 43.4. The molecule has 31 heavy (non-hydrogen) atoms. The van der Waals surface area contributed by atoms with Crippen molar-refractivity contribution in [3.8, 4) is 0 Å². The number of carbonyl (C=O) groups is 3. The summed E-state index contributed by atoms with van der Waals surface area (Å²) >= 11 is 1.59. The smallest absolute Gasteiger partial charge is 0.325 e. The van der Waals surface area contributed by atoms with E-state index in [2.05, 4.69) is 26.1 Å². The van der Waals surface area contributed by atoms with Gasteiger partial charge in [0, 0.05) is 18.0 Å². The number of urea groups is 1. The molecule has 1 aliphatic carbocycles. The molecule has 2 saturated heterocycles. The molecule has 3 atom stereocenters. The lowest BCUT2D eigenvalue weighted by atomic mass is 9.64. The molecule has 4 amide bonds. The SMILES string of the molecule is CC1CC(C)(C)CC2(C1)NC(=O)N(CC(=O)N(Cc1cccs1)CC1CCCO1)C2=O. The fraction of sp³-hybridized carbons (Fsp3) is 0.696. The Hall–Kier alpha value is -1.93. The third-order valence-electron chi connectivity index (χ3n) is 6.65. The molecule has 8 heteroatoms. The minimum absolute atomic E-state index is 0.0124. The van der Waals surface area contributed by atoms with Crippen LogP contribution in [0.15, 0.2) is 17.5 Å². The van der Waals surface area contributed by atoms with Crippen LogP contribution in [0.25, 0.3) is 0 Å². The fourth-order valence-electron chi connectivity index (χ4n) is 5.76. The van der Waals surface area contributed by atoms with Crippen molar-refractivity contribution in [2.75, 3.05) is 19.7 Å². The summed E-state index contributed by atoms with van der Waals surface area (Å²) in [6.07, 6.45) is 4.18. The highest BCUT2D eigenvalue weighted by Gasteiger charge is 2.56. The predicted octanol–water partition coefficient (Wildman–Crippen LogP) is 3.39. The molecule has 3 fully saturated rings. The van der Waals surface area contributed by atoms with Gasteiger partial charge in [0.05, 0.1) is 12.6 Å². The van der Waals surface area contributed by atoms with Gasteiger partial charge in [0.25, 0.3) is 5.91 Å². The Morgan fingerprint density at radius 3 is 2.81 bits per heavy atom. The zero-order chi connectivity index (χ0) is 22.2. The Morgan fingerprint density at radius 2 is 2.16 bits per heavy atom. The van der Waals surface area contributed by atoms with E-state index in [4.69, 9.17) is 4.74 Å². The van der Waals surface area contributed by atoms with Gasteiger partial charge < -0.3 is 15.0 Å². The lowest BCUT2D eigenvalue weighted by Crippen LogP contribution is -2.54. The number of carbonyl (C=O) groups excluding carboxylic acids is 3. The number of rotatable bonds is 6. The van der Waals surface area contributed by atoms with Crippen molar-refractivity contribution in [2.45, 2.75) is 71.1 Å². The van der Waals surface area contributed by atoms with Crippen molar-refractivity contribution < 1.29 is 19.1 Å². The number of imide groups is 1. The van der Waals surface area contributed by atoms with E-state index in [-0.39, 0.29) is 29.9 Å². The van der Waals surface area contributed by atoms with Crippen molar-refractivity contribution in [3.05, 3.63) is 22.4 Å². The van der Waals surface area contributed by atoms with E-state index in [9.17, 15) is 14.4 Å². The van der Waals surface area contributed by atoms with Crippen LogP contribution in [0, 0.1) is 11.3 Å². The van der Waals surface area contributed by atoms with E-state index in [1.165, 1.54) is 0 Å². The van der Waals surface area contributed by atoms with Crippen LogP contribution >= 0.6 is 11.3 Å². The Kier molecular flexibility index (Phi) is 6.14. The standard InChI is InChI=1S/C23H33N3O4S/c1-16-10-22(2,3)15-23(11-16)20(28)26(21(29)24-23)14-19(27)25(12-17-6-4-8-30-17)13-18-7-5-9-31-18/h5,7,9,16-17H,4,6,8,10-15H2,1-3H3,(H,24,29). The molecule has 0 bridgehead atoms. The monoisotopic (exact) mass is 447 g/mol. The van der Waals surface area contributed by atoms with Crippen LogP contribution in [0.3, 0.4) is 0 Å². The summed E-state index contributed by atoms with van der Waals surface area (Å²) in [5, 5.41) is 4.95. The van der Waals surface area contributed by atoms with Gasteiger partial charge in [-0.3, -0.25) is 14.5 Å². The van der Waals surface area contributed by atoms with E-state index in [0.29, 0.717) is 31.8 Å². The lowest BCUT2D eigenvalue weighted by Gasteiger charge is -2.43. The molecule has 3 heterocycles. The van der Waals surface area contributed by atoms with E-state index in [0.717, 1.165) is 35.6 Å². The molecule has 1 saturated carbocycles. The number of nitrogens with one attached hydrogen (secondary N) is 1. The van der Waals surface area contributed by atoms with Gasteiger partial charge in [-0.2, -0.15) is 0 Å². The van der Waals surface area contributed by atoms with Crippen molar-refractivity contribution in [2.24, 2.45) is 11.3 Å². The average Bonchev–Trinajstić information content (AvgIpc) is 3.40. The van der Waals surface area contributed by atoms with Gasteiger partial charge in [0.15, 0.2) is 0 Å². The summed E-state index contributed by atoms with van der Waals surface area (Å²) < 4.78 is 5.74. The number of thiophene rings is 1. The van der Waals surface area contributed by atoms with E-state index in [1.54, 1.807) is 16.2 Å². The van der Waals surface area contributed by atoms with Crippen LogP contribution in [0.5, 0.6) is 0 Å². The van der Waals surface area contributed by atoms with Crippen LogP contribution in [-0.4, -0.2) is 59.0 Å². The van der Waals surface area contributed by atoms with E-state index < -0.39 is 11.6 Å². The fourth-order valence-corrected chi connectivity index (χ4v) is 6.48. The topological polar surface area (TPSA) is 79.0 Å². The number of nitrogens with zero attached hydrogens (tertiary/aromatic N) is 2. The van der Waals surface area contributed by atoms with Crippen molar-refractivity contribution in [1.29, 1.82) is 0 Å². The molecule has 3 unspecified atom stereocenters. The summed E-state index contributed by atoms with van der Waals surface area (Å²) in [5.41, 5.74) is -0.919. The molecule has 2 aliphatic heterocycles. The first-order valence-electron chi connectivity index (χ1n) is 11.2. The Morgan fingerprint density at radius 1 is 1.35 bits per heavy atom. The largest absolute Gasteiger partial charge is 0.376 e. The second-order valence-corrected chi connectivity index (χ2v) is 11.3. The van der Waals surface area contributed by atoms with Crippen LogP contribution in [0.4, 0.5) is 4.79 Å². The molecule has 7 nitrogen and oxygen atoms in total. The zero-order valence-electron chi connectivity index (χ0n) is 18.7. The van der Waals surface area contributed by atoms with Gasteiger partial charge in [-0.15, -0.1) is 11.3 Å². The molecule has 0 radical (unpaired) electrons. The van der Waals surface area contributed by atoms with Crippen LogP contribution < -0.4 is 5.32 Å². The predicted molar refractivity (Wildman–Crippen MR) is 118 cm³/mol. The molecular weight excluding hydrogens is 414 g/mol. The maximum absolute atomic E-state index is 13.4. The molecule has 3 aliphatic rings. The number of amides is 4. The Balaban J connectivity index is 1.48. The number of hydrogen-bond donors (Lipinski definition) is 1. The minimum atomic E-state index is -0.883. The summed E-state index contributed by atoms with van der Waals surface area (Å²) in [7, 11) is 0. The molecule has 0 aromatic carbocycles. The summed E-state index contributed by atoms with van der Waals surface area (Å²) in [6, 6.07) is 3.51.